The molecule has 1 aliphatic rings. The van der Waals surface area contributed by atoms with Gasteiger partial charge in [0.15, 0.2) is 0 Å². The molecule has 92 valence electrons. The van der Waals surface area contributed by atoms with Crippen LogP contribution in [0.4, 0.5) is 0 Å². The molecule has 2 nitrogen and oxygen atoms in total. The first-order valence-corrected chi connectivity index (χ1v) is 6.09. The second-order valence-corrected chi connectivity index (χ2v) is 4.24. The number of hydrogen-bond acceptors (Lipinski definition) is 2. The monoisotopic (exact) mass is 248 g/mol. The highest BCUT2D eigenvalue weighted by Gasteiger charge is 2.09. The fourth-order valence-electron chi connectivity index (χ4n) is 2.01. The van der Waals surface area contributed by atoms with Crippen molar-refractivity contribution in [1.29, 1.82) is 0 Å². The Labute approximate surface area is 111 Å². The zero-order chi connectivity index (χ0) is 13.1. The molecule has 0 bridgehead atoms. The topological polar surface area (TPSA) is 30.2 Å². The van der Waals surface area contributed by atoms with Crippen LogP contribution in [-0.2, 0) is 0 Å². The molecule has 0 aliphatic heterocycles. The van der Waals surface area contributed by atoms with E-state index in [1.165, 1.54) is 0 Å². The zero-order valence-corrected chi connectivity index (χ0v) is 10.2. The van der Waals surface area contributed by atoms with Crippen molar-refractivity contribution in [3.8, 4) is 11.1 Å². The van der Waals surface area contributed by atoms with E-state index in [9.17, 15) is 4.79 Å². The Morgan fingerprint density at radius 1 is 0.842 bits per heavy atom. The Hall–Kier alpha value is -2.61. The van der Waals surface area contributed by atoms with Gasteiger partial charge in [0.25, 0.3) is 0 Å². The van der Waals surface area contributed by atoms with Crippen molar-refractivity contribution < 1.29 is 4.42 Å². The van der Waals surface area contributed by atoms with E-state index in [1.54, 1.807) is 6.08 Å². The number of hydrogen-bond donors (Lipinski definition) is 0. The first-order valence-electron chi connectivity index (χ1n) is 6.09. The van der Waals surface area contributed by atoms with Crippen molar-refractivity contribution in [2.45, 2.75) is 0 Å². The summed E-state index contributed by atoms with van der Waals surface area (Å²) in [7, 11) is 0. The van der Waals surface area contributed by atoms with Crippen molar-refractivity contribution in [1.82, 2.24) is 0 Å². The molecule has 0 unspecified atom stereocenters. The normalized spacial score (nSPS) is 12.8. The number of fused-ring (bicyclic) bond motifs is 1. The van der Waals surface area contributed by atoms with Gasteiger partial charge < -0.3 is 4.42 Å². The summed E-state index contributed by atoms with van der Waals surface area (Å²) in [5.74, 6) is 0.588. The van der Waals surface area contributed by atoms with Crippen LogP contribution in [0.25, 0.3) is 23.3 Å². The van der Waals surface area contributed by atoms with Crippen molar-refractivity contribution in [3.05, 3.63) is 82.4 Å². The van der Waals surface area contributed by atoms with Gasteiger partial charge in [-0.1, -0.05) is 60.7 Å². The Balaban J connectivity index is 2.20. The lowest BCUT2D eigenvalue weighted by Gasteiger charge is -2.05. The molecule has 0 N–H and O–H groups in total. The average Bonchev–Trinajstić information content (AvgIpc) is 2.42. The quantitative estimate of drug-likeness (QED) is 0.766. The summed E-state index contributed by atoms with van der Waals surface area (Å²) in [5.41, 5.74) is 2.04. The van der Waals surface area contributed by atoms with Crippen LogP contribution in [0.1, 0.15) is 11.3 Å². The number of rotatable bonds is 1. The summed E-state index contributed by atoms with van der Waals surface area (Å²) in [6, 6.07) is 11.4. The van der Waals surface area contributed by atoms with Gasteiger partial charge in [-0.05, 0) is 17.7 Å². The molecule has 0 saturated carbocycles. The van der Waals surface area contributed by atoms with Gasteiger partial charge in [-0.2, -0.15) is 0 Å². The van der Waals surface area contributed by atoms with E-state index in [1.807, 2.05) is 66.8 Å². The lowest BCUT2D eigenvalue weighted by Crippen LogP contribution is -2.05. The highest BCUT2D eigenvalue weighted by atomic mass is 16.4. The Bertz CT molecular complexity index is 732. The van der Waals surface area contributed by atoms with E-state index in [2.05, 4.69) is 0 Å². The van der Waals surface area contributed by atoms with Gasteiger partial charge in [0.1, 0.15) is 5.76 Å². The zero-order valence-electron chi connectivity index (χ0n) is 10.2. The molecule has 1 heterocycles. The minimum Gasteiger partial charge on any atom is -0.422 e. The number of benzene rings is 1. The first kappa shape index (κ1) is 11.5. The number of allylic oxidation sites excluding steroid dienone is 4. The highest BCUT2D eigenvalue weighted by molar-refractivity contribution is 5.71. The second-order valence-electron chi connectivity index (χ2n) is 4.24. The fourth-order valence-corrected chi connectivity index (χ4v) is 2.01. The Morgan fingerprint density at radius 3 is 2.37 bits per heavy atom. The van der Waals surface area contributed by atoms with Crippen LogP contribution in [0.2, 0.25) is 0 Å². The lowest BCUT2D eigenvalue weighted by atomic mass is 10.0. The summed E-state index contributed by atoms with van der Waals surface area (Å²) in [6.45, 7) is 0. The van der Waals surface area contributed by atoms with Crippen LogP contribution < -0.4 is 5.63 Å². The van der Waals surface area contributed by atoms with Crippen molar-refractivity contribution >= 4 is 12.2 Å². The van der Waals surface area contributed by atoms with Gasteiger partial charge in [0.05, 0.1) is 5.56 Å². The smallest absolute Gasteiger partial charge is 0.344 e. The van der Waals surface area contributed by atoms with Crippen LogP contribution in [0.3, 0.4) is 0 Å². The molecule has 0 spiro atoms. The van der Waals surface area contributed by atoms with Gasteiger partial charge in [0.2, 0.25) is 0 Å². The third-order valence-electron chi connectivity index (χ3n) is 2.95. The summed E-state index contributed by atoms with van der Waals surface area (Å²) in [5, 5.41) is 0. The predicted molar refractivity (Wildman–Crippen MR) is 77.6 cm³/mol. The van der Waals surface area contributed by atoms with Crippen molar-refractivity contribution in [2.24, 2.45) is 0 Å². The lowest BCUT2D eigenvalue weighted by molar-refractivity contribution is 0.502. The fraction of sp³-hybridized carbons (Fsp3) is 0. The molecule has 0 atom stereocenters. The predicted octanol–water partition coefficient (Wildman–Crippen LogP) is 3.90. The molecule has 19 heavy (non-hydrogen) atoms. The van der Waals surface area contributed by atoms with Gasteiger partial charge in [-0.25, -0.2) is 4.79 Å². The van der Waals surface area contributed by atoms with E-state index in [4.69, 9.17) is 4.42 Å². The molecule has 1 aromatic heterocycles. The summed E-state index contributed by atoms with van der Waals surface area (Å²) < 4.78 is 5.39. The minimum absolute atomic E-state index is 0.312. The summed E-state index contributed by atoms with van der Waals surface area (Å²) >= 11 is 0. The Kier molecular flexibility index (Phi) is 2.99. The third-order valence-corrected chi connectivity index (χ3v) is 2.95. The minimum atomic E-state index is -0.312. The van der Waals surface area contributed by atoms with E-state index >= 15 is 0 Å². The molecular formula is C17H12O2. The van der Waals surface area contributed by atoms with Crippen LogP contribution in [0.5, 0.6) is 0 Å². The Morgan fingerprint density at radius 2 is 1.58 bits per heavy atom. The summed E-state index contributed by atoms with van der Waals surface area (Å²) in [6.07, 6.45) is 11.3. The van der Waals surface area contributed by atoms with E-state index < -0.39 is 0 Å². The van der Waals surface area contributed by atoms with Crippen LogP contribution in [0, 0.1) is 0 Å². The maximum absolute atomic E-state index is 12.0. The molecular weight excluding hydrogens is 236 g/mol. The summed E-state index contributed by atoms with van der Waals surface area (Å²) in [4.78, 5) is 12.0. The molecule has 0 amide bonds. The molecule has 2 heteroatoms. The maximum Gasteiger partial charge on any atom is 0.344 e. The molecule has 0 radical (unpaired) electrons. The average molecular weight is 248 g/mol. The highest BCUT2D eigenvalue weighted by Crippen LogP contribution is 2.21. The molecule has 0 fully saturated rings. The van der Waals surface area contributed by atoms with Crippen LogP contribution in [0.15, 0.2) is 69.9 Å². The molecule has 1 aromatic carbocycles. The van der Waals surface area contributed by atoms with Crippen LogP contribution >= 0.6 is 0 Å². The van der Waals surface area contributed by atoms with Crippen molar-refractivity contribution in [3.63, 3.8) is 0 Å². The van der Waals surface area contributed by atoms with Crippen LogP contribution in [-0.4, -0.2) is 0 Å². The SMILES string of the molecule is O=c1oc2c(cc1-c1ccccc1)C=CC=CC=C2. The van der Waals surface area contributed by atoms with E-state index in [0.29, 0.717) is 11.3 Å². The molecule has 2 aromatic rings. The molecule has 1 aliphatic carbocycles. The largest absolute Gasteiger partial charge is 0.422 e. The van der Waals surface area contributed by atoms with Gasteiger partial charge in [-0.15, -0.1) is 0 Å². The first-order chi connectivity index (χ1) is 9.34. The third kappa shape index (κ3) is 2.33. The van der Waals surface area contributed by atoms with Gasteiger partial charge >= 0.3 is 5.63 Å². The standard InChI is InChI=1S/C17H12O2/c18-17-15(13-8-5-3-6-9-13)12-14-10-4-1-2-7-11-16(14)19-17/h1-12H. The van der Waals surface area contributed by atoms with E-state index in [-0.39, 0.29) is 5.63 Å². The second kappa shape index (κ2) is 4.94. The maximum atomic E-state index is 12.0. The van der Waals surface area contributed by atoms with E-state index in [0.717, 1.165) is 11.1 Å². The van der Waals surface area contributed by atoms with Crippen molar-refractivity contribution in [2.75, 3.05) is 0 Å². The molecule has 3 rings (SSSR count). The van der Waals surface area contributed by atoms with Gasteiger partial charge in [0, 0.05) is 5.56 Å². The molecule has 0 saturated heterocycles. The van der Waals surface area contributed by atoms with Gasteiger partial charge in [-0.3, -0.25) is 0 Å².